The highest BCUT2D eigenvalue weighted by atomic mass is 19.2. The number of rotatable bonds is 8. The fraction of sp³-hybridized carbons (Fsp3) is 0.412. The molecule has 0 heterocycles. The molecule has 1 rings (SSSR count). The molecule has 0 aliphatic rings. The van der Waals surface area contributed by atoms with Gasteiger partial charge in [0.15, 0.2) is 23.8 Å². The summed E-state index contributed by atoms with van der Waals surface area (Å²) in [5, 5.41) is 2.40. The molecule has 0 aromatic heterocycles. The van der Waals surface area contributed by atoms with E-state index < -0.39 is 35.7 Å². The summed E-state index contributed by atoms with van der Waals surface area (Å²) in [6.45, 7) is 8.52. The Balaban J connectivity index is 2.76. The molecule has 1 N–H and O–H groups in total. The number of nitrogens with one attached hydrogen (secondary N) is 1. The molecule has 1 amide bonds. The Morgan fingerprint density at radius 2 is 1.92 bits per heavy atom. The van der Waals surface area contributed by atoms with Crippen LogP contribution in [0.25, 0.3) is 0 Å². The molecule has 1 aromatic carbocycles. The first-order valence-corrected chi connectivity index (χ1v) is 7.45. The third-order valence-electron chi connectivity index (χ3n) is 3.09. The van der Waals surface area contributed by atoms with Crippen molar-refractivity contribution in [1.29, 1.82) is 0 Å². The molecule has 0 saturated carbocycles. The lowest BCUT2D eigenvalue weighted by molar-refractivity contribution is -0.166. The lowest BCUT2D eigenvalue weighted by atomic mass is 10.1. The van der Waals surface area contributed by atoms with Crippen LogP contribution in [0.4, 0.5) is 14.5 Å². The number of hydrogen-bond acceptors (Lipinski definition) is 4. The molecule has 2 atom stereocenters. The van der Waals surface area contributed by atoms with Gasteiger partial charge in [-0.15, -0.1) is 6.58 Å². The molecule has 7 heteroatoms. The summed E-state index contributed by atoms with van der Waals surface area (Å²) >= 11 is 0. The number of amides is 1. The number of hydrogen-bond donors (Lipinski definition) is 1. The van der Waals surface area contributed by atoms with Crippen LogP contribution in [0.15, 0.2) is 30.9 Å². The molecular weight excluding hydrogens is 320 g/mol. The molecule has 0 fully saturated rings. The smallest absolute Gasteiger partial charge is 0.335 e. The van der Waals surface area contributed by atoms with Crippen molar-refractivity contribution < 1.29 is 27.8 Å². The van der Waals surface area contributed by atoms with E-state index in [-0.39, 0.29) is 18.2 Å². The summed E-state index contributed by atoms with van der Waals surface area (Å²) in [5.41, 5.74) is 0.0663. The summed E-state index contributed by atoms with van der Waals surface area (Å²) in [5.74, 6) is -3.77. The Morgan fingerprint density at radius 3 is 2.46 bits per heavy atom. The maximum atomic E-state index is 13.2. The lowest BCUT2D eigenvalue weighted by Crippen LogP contribution is -2.39. The second kappa shape index (κ2) is 9.12. The monoisotopic (exact) mass is 341 g/mol. The Bertz CT molecular complexity index is 604. The van der Waals surface area contributed by atoms with Gasteiger partial charge in [0.1, 0.15) is 0 Å². The molecule has 132 valence electrons. The lowest BCUT2D eigenvalue weighted by Gasteiger charge is -2.22. The summed E-state index contributed by atoms with van der Waals surface area (Å²) in [6.07, 6.45) is -0.472. The van der Waals surface area contributed by atoms with E-state index in [1.54, 1.807) is 13.8 Å². The van der Waals surface area contributed by atoms with Gasteiger partial charge in [0.05, 0.1) is 6.61 Å². The van der Waals surface area contributed by atoms with Crippen LogP contribution in [0.3, 0.4) is 0 Å². The van der Waals surface area contributed by atoms with E-state index in [0.29, 0.717) is 0 Å². The Labute approximate surface area is 139 Å². The Morgan fingerprint density at radius 1 is 1.25 bits per heavy atom. The van der Waals surface area contributed by atoms with E-state index in [1.165, 1.54) is 19.1 Å². The van der Waals surface area contributed by atoms with Crippen molar-refractivity contribution in [3.8, 4) is 0 Å². The number of ether oxygens (including phenoxy) is 2. The van der Waals surface area contributed by atoms with Crippen LogP contribution in [0.5, 0.6) is 0 Å². The molecule has 24 heavy (non-hydrogen) atoms. The van der Waals surface area contributed by atoms with Gasteiger partial charge in [-0.2, -0.15) is 0 Å². The van der Waals surface area contributed by atoms with Gasteiger partial charge in [0.25, 0.3) is 5.91 Å². The average Bonchev–Trinajstić information content (AvgIpc) is 2.52. The zero-order valence-corrected chi connectivity index (χ0v) is 13.8. The normalized spacial score (nSPS) is 13.2. The molecule has 0 spiro atoms. The fourth-order valence-corrected chi connectivity index (χ4v) is 1.78. The Kier molecular flexibility index (Phi) is 7.51. The van der Waals surface area contributed by atoms with Crippen molar-refractivity contribution >= 4 is 17.6 Å². The van der Waals surface area contributed by atoms with Crippen LogP contribution in [0.1, 0.15) is 20.8 Å². The second-order valence-corrected chi connectivity index (χ2v) is 5.48. The van der Waals surface area contributed by atoms with Crippen molar-refractivity contribution in [2.75, 3.05) is 11.9 Å². The number of esters is 1. The van der Waals surface area contributed by atoms with Crippen LogP contribution >= 0.6 is 0 Å². The Hall–Kier alpha value is -2.28. The van der Waals surface area contributed by atoms with Gasteiger partial charge in [0.2, 0.25) is 0 Å². The highest BCUT2D eigenvalue weighted by molar-refractivity contribution is 5.95. The number of anilines is 1. The average molecular weight is 341 g/mol. The number of carbonyl (C=O) groups excluding carboxylic acids is 2. The van der Waals surface area contributed by atoms with E-state index in [2.05, 4.69) is 11.9 Å². The fourth-order valence-electron chi connectivity index (χ4n) is 1.78. The van der Waals surface area contributed by atoms with Gasteiger partial charge < -0.3 is 14.8 Å². The first-order chi connectivity index (χ1) is 11.3. The van der Waals surface area contributed by atoms with Crippen molar-refractivity contribution in [2.45, 2.75) is 33.0 Å². The van der Waals surface area contributed by atoms with Crippen LogP contribution in [0, 0.1) is 17.6 Å². The first kappa shape index (κ1) is 19.8. The number of carbonyl (C=O) groups is 2. The second-order valence-electron chi connectivity index (χ2n) is 5.48. The van der Waals surface area contributed by atoms with Crippen molar-refractivity contribution in [1.82, 2.24) is 0 Å². The van der Waals surface area contributed by atoms with Crippen LogP contribution < -0.4 is 5.32 Å². The largest absolute Gasteiger partial charge is 0.450 e. The highest BCUT2D eigenvalue weighted by Gasteiger charge is 2.29. The summed E-state index contributed by atoms with van der Waals surface area (Å²) < 4.78 is 36.4. The van der Waals surface area contributed by atoms with E-state index in [9.17, 15) is 18.4 Å². The highest BCUT2D eigenvalue weighted by Crippen LogP contribution is 2.16. The van der Waals surface area contributed by atoms with Gasteiger partial charge in [0, 0.05) is 11.8 Å². The maximum absolute atomic E-state index is 13.2. The van der Waals surface area contributed by atoms with E-state index in [0.717, 1.165) is 12.1 Å². The molecule has 0 radical (unpaired) electrons. The predicted octanol–water partition coefficient (Wildman–Crippen LogP) is 3.06. The van der Waals surface area contributed by atoms with Crippen molar-refractivity contribution in [2.24, 2.45) is 5.92 Å². The third kappa shape index (κ3) is 5.73. The van der Waals surface area contributed by atoms with Crippen LogP contribution in [-0.4, -0.2) is 30.7 Å². The molecule has 0 bridgehead atoms. The molecule has 0 aliphatic carbocycles. The third-order valence-corrected chi connectivity index (χ3v) is 3.09. The quantitative estimate of drug-likeness (QED) is 0.583. The van der Waals surface area contributed by atoms with E-state index in [4.69, 9.17) is 9.47 Å². The first-order valence-electron chi connectivity index (χ1n) is 7.45. The predicted molar refractivity (Wildman–Crippen MR) is 85.3 cm³/mol. The maximum Gasteiger partial charge on any atom is 0.335 e. The molecular formula is C17H21F2NO4. The minimum absolute atomic E-state index is 0.0663. The van der Waals surface area contributed by atoms with E-state index >= 15 is 0 Å². The minimum atomic E-state index is -1.10. The van der Waals surface area contributed by atoms with Gasteiger partial charge >= 0.3 is 5.97 Å². The standard InChI is InChI=1S/C17H21F2NO4/c1-5-8-23-11(4)17(22)24-15(10(2)3)16(21)20-12-6-7-13(18)14(19)9-12/h5-7,9-11,15H,1,8H2,2-4H3,(H,20,21). The van der Waals surface area contributed by atoms with E-state index in [1.807, 2.05) is 0 Å². The van der Waals surface area contributed by atoms with Crippen molar-refractivity contribution in [3.05, 3.63) is 42.5 Å². The van der Waals surface area contributed by atoms with Crippen LogP contribution in [0.2, 0.25) is 0 Å². The molecule has 5 nitrogen and oxygen atoms in total. The van der Waals surface area contributed by atoms with Gasteiger partial charge in [-0.1, -0.05) is 19.9 Å². The number of halogens is 2. The molecule has 0 aliphatic heterocycles. The van der Waals surface area contributed by atoms with Crippen molar-refractivity contribution in [3.63, 3.8) is 0 Å². The zero-order valence-electron chi connectivity index (χ0n) is 13.8. The summed E-state index contributed by atoms with van der Waals surface area (Å²) in [7, 11) is 0. The SMILES string of the molecule is C=CCOC(C)C(=O)OC(C(=O)Nc1ccc(F)c(F)c1)C(C)C. The topological polar surface area (TPSA) is 64.6 Å². The van der Waals surface area contributed by atoms with Gasteiger partial charge in [-0.3, -0.25) is 4.79 Å². The summed E-state index contributed by atoms with van der Waals surface area (Å²) in [4.78, 5) is 24.2. The van der Waals surface area contributed by atoms with Gasteiger partial charge in [-0.25, -0.2) is 13.6 Å². The van der Waals surface area contributed by atoms with Crippen LogP contribution in [-0.2, 0) is 19.1 Å². The number of benzene rings is 1. The molecule has 0 saturated heterocycles. The molecule has 1 aromatic rings. The minimum Gasteiger partial charge on any atom is -0.450 e. The summed E-state index contributed by atoms with van der Waals surface area (Å²) in [6, 6.07) is 2.96. The molecule has 2 unspecified atom stereocenters. The zero-order chi connectivity index (χ0) is 18.3. The van der Waals surface area contributed by atoms with Gasteiger partial charge in [-0.05, 0) is 25.0 Å².